The summed E-state index contributed by atoms with van der Waals surface area (Å²) in [6, 6.07) is 15.4. The number of aromatic nitrogens is 2. The molecule has 1 fully saturated rings. The van der Waals surface area contributed by atoms with Crippen molar-refractivity contribution in [3.8, 4) is 11.4 Å². The van der Waals surface area contributed by atoms with Crippen molar-refractivity contribution in [2.75, 3.05) is 5.32 Å². The third-order valence-corrected chi connectivity index (χ3v) is 4.85. The van der Waals surface area contributed by atoms with E-state index in [0.717, 1.165) is 24.1 Å². The van der Waals surface area contributed by atoms with Gasteiger partial charge in [0, 0.05) is 29.1 Å². The second kappa shape index (κ2) is 8.17. The molecule has 0 unspecified atom stereocenters. The summed E-state index contributed by atoms with van der Waals surface area (Å²) in [5.74, 6) is 0.749. The predicted octanol–water partition coefficient (Wildman–Crippen LogP) is 4.70. The van der Waals surface area contributed by atoms with Gasteiger partial charge >= 0.3 is 0 Å². The summed E-state index contributed by atoms with van der Waals surface area (Å²) in [5, 5.41) is 6.31. The molecule has 1 amide bonds. The highest BCUT2D eigenvalue weighted by Gasteiger charge is 2.18. The first-order valence-corrected chi connectivity index (χ1v) is 9.44. The van der Waals surface area contributed by atoms with Gasteiger partial charge in [0.1, 0.15) is 11.6 Å². The van der Waals surface area contributed by atoms with Crippen molar-refractivity contribution in [2.24, 2.45) is 0 Å². The molecule has 0 bridgehead atoms. The molecular formula is C22H21FN4O. The molecule has 6 heteroatoms. The van der Waals surface area contributed by atoms with E-state index < -0.39 is 0 Å². The monoisotopic (exact) mass is 376 g/mol. The highest BCUT2D eigenvalue weighted by molar-refractivity contribution is 5.95. The molecule has 2 aromatic carbocycles. The van der Waals surface area contributed by atoms with Crippen LogP contribution in [0.25, 0.3) is 11.4 Å². The number of amides is 1. The number of anilines is 2. The minimum atomic E-state index is -0.300. The second-order valence-electron chi connectivity index (χ2n) is 6.93. The number of carbonyl (C=O) groups is 1. The Morgan fingerprint density at radius 2 is 1.82 bits per heavy atom. The number of carbonyl (C=O) groups excluding carboxylic acids is 1. The van der Waals surface area contributed by atoms with E-state index in [-0.39, 0.29) is 17.8 Å². The fraction of sp³-hybridized carbons (Fsp3) is 0.227. The van der Waals surface area contributed by atoms with Crippen molar-refractivity contribution in [1.29, 1.82) is 0 Å². The molecule has 0 atom stereocenters. The standard InChI is InChI=1S/C22H21FN4O/c23-17-10-8-15(9-11-17)21-24-13-12-20(27-21)25-19-7-3-4-16(14-19)22(28)26-18-5-1-2-6-18/h3-4,7-14,18H,1-2,5-6H2,(H,26,28)(H,24,25,27). The van der Waals surface area contributed by atoms with Crippen molar-refractivity contribution in [2.45, 2.75) is 31.7 Å². The molecule has 5 nitrogen and oxygen atoms in total. The van der Waals surface area contributed by atoms with Gasteiger partial charge in [0.25, 0.3) is 5.91 Å². The lowest BCUT2D eigenvalue weighted by atomic mass is 10.1. The van der Waals surface area contributed by atoms with E-state index in [0.29, 0.717) is 17.2 Å². The lowest BCUT2D eigenvalue weighted by Crippen LogP contribution is -2.32. The van der Waals surface area contributed by atoms with Crippen molar-refractivity contribution in [3.05, 3.63) is 72.2 Å². The topological polar surface area (TPSA) is 66.9 Å². The van der Waals surface area contributed by atoms with Crippen LogP contribution in [0.15, 0.2) is 60.8 Å². The van der Waals surface area contributed by atoms with Crippen molar-refractivity contribution < 1.29 is 9.18 Å². The Morgan fingerprint density at radius 1 is 1.04 bits per heavy atom. The van der Waals surface area contributed by atoms with Gasteiger partial charge in [-0.15, -0.1) is 0 Å². The zero-order chi connectivity index (χ0) is 19.3. The molecule has 0 radical (unpaired) electrons. The molecule has 1 aromatic heterocycles. The van der Waals surface area contributed by atoms with Crippen LogP contribution in [0.3, 0.4) is 0 Å². The molecule has 4 rings (SSSR count). The predicted molar refractivity (Wildman–Crippen MR) is 107 cm³/mol. The largest absolute Gasteiger partial charge is 0.349 e. The molecule has 0 saturated heterocycles. The third kappa shape index (κ3) is 4.34. The third-order valence-electron chi connectivity index (χ3n) is 4.85. The molecule has 28 heavy (non-hydrogen) atoms. The van der Waals surface area contributed by atoms with Gasteiger partial charge in [-0.2, -0.15) is 0 Å². The van der Waals surface area contributed by atoms with E-state index in [1.807, 2.05) is 18.2 Å². The van der Waals surface area contributed by atoms with Gasteiger partial charge in [-0.05, 0) is 61.4 Å². The molecule has 142 valence electrons. The molecule has 3 aromatic rings. The summed E-state index contributed by atoms with van der Waals surface area (Å²) < 4.78 is 13.1. The molecule has 0 spiro atoms. The highest BCUT2D eigenvalue weighted by atomic mass is 19.1. The normalized spacial score (nSPS) is 14.0. The Kier molecular flexibility index (Phi) is 5.28. The van der Waals surface area contributed by atoms with E-state index in [2.05, 4.69) is 20.6 Å². The molecule has 0 aliphatic heterocycles. The van der Waals surface area contributed by atoms with Gasteiger partial charge < -0.3 is 10.6 Å². The zero-order valence-corrected chi connectivity index (χ0v) is 15.4. The lowest BCUT2D eigenvalue weighted by molar-refractivity contribution is 0.0938. The van der Waals surface area contributed by atoms with Gasteiger partial charge in [-0.1, -0.05) is 18.9 Å². The van der Waals surface area contributed by atoms with Crippen LogP contribution in [-0.2, 0) is 0 Å². The summed E-state index contributed by atoms with van der Waals surface area (Å²) in [6.45, 7) is 0. The van der Waals surface area contributed by atoms with Gasteiger partial charge in [-0.25, -0.2) is 14.4 Å². The smallest absolute Gasteiger partial charge is 0.251 e. The Labute approximate surface area is 163 Å². The number of nitrogens with one attached hydrogen (secondary N) is 2. The fourth-order valence-electron chi connectivity index (χ4n) is 3.39. The summed E-state index contributed by atoms with van der Waals surface area (Å²) in [6.07, 6.45) is 6.10. The molecule has 2 N–H and O–H groups in total. The van der Waals surface area contributed by atoms with E-state index in [1.165, 1.54) is 25.0 Å². The Balaban J connectivity index is 1.49. The second-order valence-corrected chi connectivity index (χ2v) is 6.93. The highest BCUT2D eigenvalue weighted by Crippen LogP contribution is 2.21. The first kappa shape index (κ1) is 18.1. The maximum atomic E-state index is 13.1. The number of rotatable bonds is 5. The SMILES string of the molecule is O=C(NC1CCCC1)c1cccc(Nc2ccnc(-c3ccc(F)cc3)n2)c1. The van der Waals surface area contributed by atoms with Gasteiger partial charge in [0.2, 0.25) is 0 Å². The Bertz CT molecular complexity index is 968. The van der Waals surface area contributed by atoms with Crippen molar-refractivity contribution in [3.63, 3.8) is 0 Å². The summed E-state index contributed by atoms with van der Waals surface area (Å²) >= 11 is 0. The summed E-state index contributed by atoms with van der Waals surface area (Å²) in [7, 11) is 0. The van der Waals surface area contributed by atoms with Crippen LogP contribution in [0.5, 0.6) is 0 Å². The van der Waals surface area contributed by atoms with E-state index >= 15 is 0 Å². The van der Waals surface area contributed by atoms with Crippen LogP contribution in [0, 0.1) is 5.82 Å². The zero-order valence-electron chi connectivity index (χ0n) is 15.4. The van der Waals surface area contributed by atoms with Crippen LogP contribution in [-0.4, -0.2) is 21.9 Å². The van der Waals surface area contributed by atoms with E-state index in [9.17, 15) is 9.18 Å². The molecule has 1 saturated carbocycles. The first-order chi connectivity index (χ1) is 13.7. The minimum Gasteiger partial charge on any atom is -0.349 e. The average Bonchev–Trinajstić information content (AvgIpc) is 3.22. The van der Waals surface area contributed by atoms with Crippen LogP contribution >= 0.6 is 0 Å². The average molecular weight is 376 g/mol. The molecule has 1 heterocycles. The molecule has 1 aliphatic carbocycles. The quantitative estimate of drug-likeness (QED) is 0.677. The van der Waals surface area contributed by atoms with Gasteiger partial charge in [0.15, 0.2) is 5.82 Å². The number of hydrogen-bond donors (Lipinski definition) is 2. The Hall–Kier alpha value is -3.28. The van der Waals surface area contributed by atoms with Gasteiger partial charge in [-0.3, -0.25) is 4.79 Å². The summed E-state index contributed by atoms with van der Waals surface area (Å²) in [4.78, 5) is 21.2. The lowest BCUT2D eigenvalue weighted by Gasteiger charge is -2.13. The molecule has 1 aliphatic rings. The van der Waals surface area contributed by atoms with E-state index in [4.69, 9.17) is 0 Å². The summed E-state index contributed by atoms with van der Waals surface area (Å²) in [5.41, 5.74) is 2.11. The van der Waals surface area contributed by atoms with E-state index in [1.54, 1.807) is 30.5 Å². The van der Waals surface area contributed by atoms with Crippen LogP contribution in [0.1, 0.15) is 36.0 Å². The Morgan fingerprint density at radius 3 is 2.61 bits per heavy atom. The minimum absolute atomic E-state index is 0.0507. The van der Waals surface area contributed by atoms with Crippen molar-refractivity contribution >= 4 is 17.4 Å². The van der Waals surface area contributed by atoms with Crippen LogP contribution in [0.4, 0.5) is 15.9 Å². The maximum Gasteiger partial charge on any atom is 0.251 e. The first-order valence-electron chi connectivity index (χ1n) is 9.44. The maximum absolute atomic E-state index is 13.1. The van der Waals surface area contributed by atoms with Crippen LogP contribution < -0.4 is 10.6 Å². The number of benzene rings is 2. The van der Waals surface area contributed by atoms with Crippen molar-refractivity contribution in [1.82, 2.24) is 15.3 Å². The van der Waals surface area contributed by atoms with Gasteiger partial charge in [0.05, 0.1) is 0 Å². The number of halogens is 1. The van der Waals surface area contributed by atoms with Crippen LogP contribution in [0.2, 0.25) is 0 Å². The fourth-order valence-corrected chi connectivity index (χ4v) is 3.39. The molecular weight excluding hydrogens is 355 g/mol. The number of nitrogens with zero attached hydrogens (tertiary/aromatic N) is 2. The number of hydrogen-bond acceptors (Lipinski definition) is 4.